The maximum atomic E-state index is 12.9. The summed E-state index contributed by atoms with van der Waals surface area (Å²) < 4.78 is 42.6. The van der Waals surface area contributed by atoms with E-state index in [0.717, 1.165) is 12.5 Å². The van der Waals surface area contributed by atoms with Crippen molar-refractivity contribution < 1.29 is 17.9 Å². The van der Waals surface area contributed by atoms with Crippen molar-refractivity contribution in [3.05, 3.63) is 12.2 Å². The zero-order valence-corrected chi connectivity index (χ0v) is 9.92. The lowest BCUT2D eigenvalue weighted by molar-refractivity contribution is 0.0214. The summed E-state index contributed by atoms with van der Waals surface area (Å²) in [5.74, 6) is 0. The molecule has 0 aromatic carbocycles. The molecule has 0 aliphatic heterocycles. The molecule has 0 N–H and O–H groups in total. The molecule has 0 saturated carbocycles. The molecule has 1 unspecified atom stereocenters. The fourth-order valence-corrected chi connectivity index (χ4v) is 0.808. The molecule has 14 heavy (non-hydrogen) atoms. The highest BCUT2D eigenvalue weighted by atomic mass is 79.9. The van der Waals surface area contributed by atoms with Crippen molar-refractivity contribution in [2.24, 2.45) is 0 Å². The van der Waals surface area contributed by atoms with E-state index in [0.29, 0.717) is 12.7 Å². The van der Waals surface area contributed by atoms with Crippen molar-refractivity contribution in [1.82, 2.24) is 0 Å². The highest BCUT2D eigenvalue weighted by Gasteiger charge is 2.49. The first-order valence-electron chi connectivity index (χ1n) is 4.01. The number of hydrogen-bond donors (Lipinski definition) is 0. The van der Waals surface area contributed by atoms with Crippen LogP contribution in [0.3, 0.4) is 0 Å². The van der Waals surface area contributed by atoms with Gasteiger partial charge in [-0.1, -0.05) is 24.6 Å². The lowest BCUT2D eigenvalue weighted by Crippen LogP contribution is -2.31. The number of alkyl halides is 5. The zero-order valence-electron chi connectivity index (χ0n) is 7.57. The van der Waals surface area contributed by atoms with Crippen LogP contribution < -0.4 is 0 Å². The van der Waals surface area contributed by atoms with Crippen LogP contribution in [0.1, 0.15) is 13.3 Å². The third-order valence-corrected chi connectivity index (χ3v) is 2.44. The Labute approximate surface area is 94.4 Å². The number of hydrogen-bond acceptors (Lipinski definition) is 1. The molecule has 0 heterocycles. The highest BCUT2D eigenvalue weighted by molar-refractivity contribution is 9.10. The number of allylic oxidation sites excluding steroid dienone is 1. The van der Waals surface area contributed by atoms with Gasteiger partial charge in [0.1, 0.15) is 0 Å². The van der Waals surface area contributed by atoms with E-state index >= 15 is 0 Å². The second-order valence-electron chi connectivity index (χ2n) is 2.60. The topological polar surface area (TPSA) is 9.23 Å². The van der Waals surface area contributed by atoms with Crippen LogP contribution in [-0.2, 0) is 4.74 Å². The smallest absolute Gasteiger partial charge is 0.352 e. The van der Waals surface area contributed by atoms with Gasteiger partial charge in [-0.25, -0.2) is 4.39 Å². The van der Waals surface area contributed by atoms with Crippen LogP contribution in [0.2, 0.25) is 0 Å². The summed E-state index contributed by atoms with van der Waals surface area (Å²) in [5.41, 5.74) is 0. The van der Waals surface area contributed by atoms with E-state index in [1.807, 2.05) is 22.9 Å². The number of rotatable bonds is 6. The molecule has 0 bridgehead atoms. The summed E-state index contributed by atoms with van der Waals surface area (Å²) in [6.45, 7) is 2.46. The first kappa shape index (κ1) is 14.3. The molecular formula is C8H11BrClF3O. The SMILES string of the molecule is CCCOC/C=C/C(F)(Cl)C(F)(F)Br. The quantitative estimate of drug-likeness (QED) is 0.411. The van der Waals surface area contributed by atoms with Gasteiger partial charge in [-0.15, -0.1) is 0 Å². The molecule has 0 spiro atoms. The average molecular weight is 296 g/mol. The molecule has 0 rings (SSSR count). The zero-order chi connectivity index (χ0) is 11.2. The summed E-state index contributed by atoms with van der Waals surface area (Å²) in [4.78, 5) is -3.79. The lowest BCUT2D eigenvalue weighted by Gasteiger charge is -2.18. The summed E-state index contributed by atoms with van der Waals surface area (Å²) in [7, 11) is 0. The van der Waals surface area contributed by atoms with E-state index in [-0.39, 0.29) is 6.61 Å². The summed E-state index contributed by atoms with van der Waals surface area (Å²) in [6, 6.07) is 0. The Kier molecular flexibility index (Phi) is 6.09. The molecule has 1 atom stereocenters. The maximum absolute atomic E-state index is 12.9. The summed E-state index contributed by atoms with van der Waals surface area (Å²) >= 11 is 6.77. The van der Waals surface area contributed by atoms with Crippen LogP contribution in [0.5, 0.6) is 0 Å². The molecule has 0 aliphatic rings. The van der Waals surface area contributed by atoms with Crippen molar-refractivity contribution in [2.75, 3.05) is 13.2 Å². The van der Waals surface area contributed by atoms with Gasteiger partial charge in [0.25, 0.3) is 5.13 Å². The molecule has 0 aromatic heterocycles. The van der Waals surface area contributed by atoms with E-state index in [9.17, 15) is 13.2 Å². The minimum atomic E-state index is -3.79. The van der Waals surface area contributed by atoms with Gasteiger partial charge in [0.15, 0.2) is 0 Å². The second kappa shape index (κ2) is 5.98. The summed E-state index contributed by atoms with van der Waals surface area (Å²) in [5, 5.41) is -3.22. The molecule has 0 amide bonds. The molecule has 0 aliphatic carbocycles. The number of halogens is 5. The highest BCUT2D eigenvalue weighted by Crippen LogP contribution is 2.42. The molecule has 6 heteroatoms. The van der Waals surface area contributed by atoms with E-state index in [1.54, 1.807) is 0 Å². The van der Waals surface area contributed by atoms with E-state index in [1.165, 1.54) is 0 Å². The first-order chi connectivity index (χ1) is 6.31. The lowest BCUT2D eigenvalue weighted by atomic mass is 10.3. The van der Waals surface area contributed by atoms with Crippen LogP contribution >= 0.6 is 27.5 Å². The van der Waals surface area contributed by atoms with Gasteiger partial charge >= 0.3 is 4.83 Å². The van der Waals surface area contributed by atoms with Gasteiger partial charge in [0.05, 0.1) is 6.61 Å². The fraction of sp³-hybridized carbons (Fsp3) is 0.750. The van der Waals surface area contributed by atoms with Gasteiger partial charge in [0.2, 0.25) is 0 Å². The Hall–Kier alpha value is 0.260. The average Bonchev–Trinajstić information content (AvgIpc) is 2.02. The van der Waals surface area contributed by atoms with Crippen LogP contribution in [-0.4, -0.2) is 23.2 Å². The predicted octanol–water partition coefficient (Wildman–Crippen LogP) is 3.86. The standard InChI is InChI=1S/C8H11BrClF3O/c1-2-5-14-6-3-4-7(10,11)8(9,12)13/h3-4H,2,5-6H2,1H3/b4-3+. The van der Waals surface area contributed by atoms with Gasteiger partial charge in [-0.05, 0) is 28.4 Å². The Morgan fingerprint density at radius 3 is 2.43 bits per heavy atom. The third kappa shape index (κ3) is 5.22. The largest absolute Gasteiger partial charge is 0.377 e. The van der Waals surface area contributed by atoms with Crippen molar-refractivity contribution in [3.8, 4) is 0 Å². The van der Waals surface area contributed by atoms with E-state index < -0.39 is 9.96 Å². The maximum Gasteiger partial charge on any atom is 0.352 e. The number of ether oxygens (including phenoxy) is 1. The van der Waals surface area contributed by atoms with Crippen molar-refractivity contribution in [3.63, 3.8) is 0 Å². The summed E-state index contributed by atoms with van der Waals surface area (Å²) in [6.07, 6.45) is 2.50. The van der Waals surface area contributed by atoms with Gasteiger partial charge in [-0.2, -0.15) is 8.78 Å². The second-order valence-corrected chi connectivity index (χ2v) is 4.14. The van der Waals surface area contributed by atoms with E-state index in [4.69, 9.17) is 16.3 Å². The molecular weight excluding hydrogens is 284 g/mol. The van der Waals surface area contributed by atoms with Crippen molar-refractivity contribution in [1.29, 1.82) is 0 Å². The predicted molar refractivity (Wildman–Crippen MR) is 53.8 cm³/mol. The van der Waals surface area contributed by atoms with Crippen molar-refractivity contribution >= 4 is 27.5 Å². The van der Waals surface area contributed by atoms with E-state index in [2.05, 4.69) is 0 Å². The minimum Gasteiger partial charge on any atom is -0.377 e. The molecule has 0 fully saturated rings. The first-order valence-corrected chi connectivity index (χ1v) is 5.18. The Morgan fingerprint density at radius 2 is 2.00 bits per heavy atom. The van der Waals surface area contributed by atoms with Crippen LogP contribution in [0.15, 0.2) is 12.2 Å². The van der Waals surface area contributed by atoms with Crippen LogP contribution in [0.4, 0.5) is 13.2 Å². The van der Waals surface area contributed by atoms with Crippen LogP contribution in [0.25, 0.3) is 0 Å². The van der Waals surface area contributed by atoms with Crippen molar-refractivity contribution in [2.45, 2.75) is 23.3 Å². The van der Waals surface area contributed by atoms with Gasteiger partial charge in [-0.3, -0.25) is 0 Å². The van der Waals surface area contributed by atoms with Gasteiger partial charge in [0, 0.05) is 6.61 Å². The molecule has 0 saturated heterocycles. The molecule has 0 radical (unpaired) electrons. The molecule has 0 aromatic rings. The normalized spacial score (nSPS) is 17.3. The fourth-order valence-electron chi connectivity index (χ4n) is 0.586. The minimum absolute atomic E-state index is 0.0648. The Bertz CT molecular complexity index is 192. The van der Waals surface area contributed by atoms with Crippen LogP contribution in [0, 0.1) is 0 Å². The molecule has 1 nitrogen and oxygen atoms in total. The molecule has 84 valence electrons. The monoisotopic (exact) mass is 294 g/mol. The Morgan fingerprint density at radius 1 is 1.43 bits per heavy atom. The Balaban J connectivity index is 3.97. The van der Waals surface area contributed by atoms with Gasteiger partial charge < -0.3 is 4.74 Å². The third-order valence-electron chi connectivity index (χ3n) is 1.27.